The molecule has 0 saturated carbocycles. The van der Waals surface area contributed by atoms with E-state index in [-0.39, 0.29) is 5.91 Å². The highest BCUT2D eigenvalue weighted by Gasteiger charge is 2.13. The van der Waals surface area contributed by atoms with Gasteiger partial charge in [-0.15, -0.1) is 0 Å². The van der Waals surface area contributed by atoms with E-state index < -0.39 is 0 Å². The van der Waals surface area contributed by atoms with Gasteiger partial charge in [0.1, 0.15) is 17.5 Å². The van der Waals surface area contributed by atoms with Crippen LogP contribution < -0.4 is 10.1 Å². The number of nitriles is 1. The Kier molecular flexibility index (Phi) is 4.02. The molecule has 0 heterocycles. The van der Waals surface area contributed by atoms with Crippen LogP contribution in [-0.4, -0.2) is 13.0 Å². The van der Waals surface area contributed by atoms with Crippen molar-refractivity contribution in [3.63, 3.8) is 0 Å². The number of hydrogen-bond donors (Lipinski definition) is 1. The van der Waals surface area contributed by atoms with Crippen LogP contribution >= 0.6 is 0 Å². The summed E-state index contributed by atoms with van der Waals surface area (Å²) in [7, 11) is 1.50. The van der Waals surface area contributed by atoms with Crippen LogP contribution in [0.2, 0.25) is 0 Å². The number of ether oxygens (including phenoxy) is 1. The third-order valence-corrected chi connectivity index (χ3v) is 2.92. The van der Waals surface area contributed by atoms with Crippen LogP contribution in [0.4, 0.5) is 5.69 Å². The first-order chi connectivity index (χ1) is 9.65. The minimum absolute atomic E-state index is 0.272. The molecule has 1 N–H and O–H groups in total. The Labute approximate surface area is 117 Å². The van der Waals surface area contributed by atoms with Crippen molar-refractivity contribution in [1.82, 2.24) is 0 Å². The van der Waals surface area contributed by atoms with E-state index in [0.717, 1.165) is 5.56 Å². The molecule has 0 spiro atoms. The van der Waals surface area contributed by atoms with Crippen LogP contribution in [0.5, 0.6) is 5.75 Å². The van der Waals surface area contributed by atoms with E-state index >= 15 is 0 Å². The molecule has 0 atom stereocenters. The summed E-state index contributed by atoms with van der Waals surface area (Å²) in [5.41, 5.74) is 2.37. The topological polar surface area (TPSA) is 62.1 Å². The fraction of sp³-hybridized carbons (Fsp3) is 0.125. The van der Waals surface area contributed by atoms with E-state index in [0.29, 0.717) is 22.6 Å². The van der Waals surface area contributed by atoms with Gasteiger partial charge >= 0.3 is 0 Å². The lowest BCUT2D eigenvalue weighted by Crippen LogP contribution is -2.13. The Morgan fingerprint density at radius 3 is 2.50 bits per heavy atom. The summed E-state index contributed by atoms with van der Waals surface area (Å²) in [5, 5.41) is 11.8. The van der Waals surface area contributed by atoms with Crippen molar-refractivity contribution in [2.45, 2.75) is 6.92 Å². The van der Waals surface area contributed by atoms with Gasteiger partial charge < -0.3 is 10.1 Å². The van der Waals surface area contributed by atoms with E-state index in [2.05, 4.69) is 5.32 Å². The molecule has 0 bridgehead atoms. The van der Waals surface area contributed by atoms with Gasteiger partial charge in [0.15, 0.2) is 0 Å². The summed E-state index contributed by atoms with van der Waals surface area (Å²) in [6, 6.07) is 14.3. The second kappa shape index (κ2) is 5.89. The zero-order chi connectivity index (χ0) is 14.5. The molecule has 4 heteroatoms. The summed E-state index contributed by atoms with van der Waals surface area (Å²) >= 11 is 0. The van der Waals surface area contributed by atoms with E-state index in [4.69, 9.17) is 10.00 Å². The molecule has 0 aromatic heterocycles. The number of methoxy groups -OCH3 is 1. The van der Waals surface area contributed by atoms with Crippen LogP contribution in [0.15, 0.2) is 42.5 Å². The molecule has 0 aliphatic carbocycles. The maximum absolute atomic E-state index is 12.2. The lowest BCUT2D eigenvalue weighted by atomic mass is 10.1. The number of amides is 1. The number of carbonyl (C=O) groups excluding carboxylic acids is 1. The molecule has 2 aromatic rings. The lowest BCUT2D eigenvalue weighted by molar-refractivity contribution is 0.102. The lowest BCUT2D eigenvalue weighted by Gasteiger charge is -2.11. The SMILES string of the molecule is COc1cccc(C#N)c1NC(=O)c1ccc(C)cc1. The minimum Gasteiger partial charge on any atom is -0.495 e. The van der Waals surface area contributed by atoms with Crippen LogP contribution in [0.3, 0.4) is 0 Å². The Balaban J connectivity index is 2.32. The van der Waals surface area contributed by atoms with Crippen molar-refractivity contribution in [2.24, 2.45) is 0 Å². The zero-order valence-electron chi connectivity index (χ0n) is 11.3. The Morgan fingerprint density at radius 1 is 1.20 bits per heavy atom. The standard InChI is InChI=1S/C16H14N2O2/c1-11-6-8-12(9-7-11)16(19)18-15-13(10-17)4-3-5-14(15)20-2/h3-9H,1-2H3,(H,18,19). The van der Waals surface area contributed by atoms with Gasteiger partial charge in [0.05, 0.1) is 12.7 Å². The van der Waals surface area contributed by atoms with Gasteiger partial charge in [0.2, 0.25) is 0 Å². The van der Waals surface area contributed by atoms with Gasteiger partial charge in [-0.2, -0.15) is 5.26 Å². The Bertz CT molecular complexity index is 670. The third-order valence-electron chi connectivity index (χ3n) is 2.92. The first-order valence-electron chi connectivity index (χ1n) is 6.11. The predicted molar refractivity (Wildman–Crippen MR) is 76.8 cm³/mol. The number of anilines is 1. The van der Waals surface area contributed by atoms with Crippen LogP contribution in [0.25, 0.3) is 0 Å². The van der Waals surface area contributed by atoms with E-state index in [1.165, 1.54) is 7.11 Å². The van der Waals surface area contributed by atoms with Crippen LogP contribution in [0, 0.1) is 18.3 Å². The highest BCUT2D eigenvalue weighted by Crippen LogP contribution is 2.28. The Morgan fingerprint density at radius 2 is 1.90 bits per heavy atom. The molecular formula is C16H14N2O2. The monoisotopic (exact) mass is 266 g/mol. The van der Waals surface area contributed by atoms with Crippen LogP contribution in [-0.2, 0) is 0 Å². The molecule has 20 heavy (non-hydrogen) atoms. The highest BCUT2D eigenvalue weighted by atomic mass is 16.5. The van der Waals surface area contributed by atoms with Crippen LogP contribution in [0.1, 0.15) is 21.5 Å². The molecule has 0 aliphatic heterocycles. The largest absolute Gasteiger partial charge is 0.495 e. The fourth-order valence-corrected chi connectivity index (χ4v) is 1.81. The maximum Gasteiger partial charge on any atom is 0.255 e. The molecule has 2 rings (SSSR count). The fourth-order valence-electron chi connectivity index (χ4n) is 1.81. The van der Waals surface area contributed by atoms with E-state index in [1.807, 2.05) is 25.1 Å². The summed E-state index contributed by atoms with van der Waals surface area (Å²) in [4.78, 5) is 12.2. The molecule has 4 nitrogen and oxygen atoms in total. The molecular weight excluding hydrogens is 252 g/mol. The van der Waals surface area contributed by atoms with Gasteiger partial charge in [-0.1, -0.05) is 23.8 Å². The van der Waals surface area contributed by atoms with Crippen molar-refractivity contribution in [1.29, 1.82) is 5.26 Å². The molecule has 0 radical (unpaired) electrons. The normalized spacial score (nSPS) is 9.65. The number of benzene rings is 2. The van der Waals surface area contributed by atoms with Gasteiger partial charge in [-0.25, -0.2) is 0 Å². The first kappa shape index (κ1) is 13.6. The molecule has 2 aromatic carbocycles. The number of nitrogens with zero attached hydrogens (tertiary/aromatic N) is 1. The number of hydrogen-bond acceptors (Lipinski definition) is 3. The van der Waals surface area contributed by atoms with Crippen molar-refractivity contribution >= 4 is 11.6 Å². The zero-order valence-corrected chi connectivity index (χ0v) is 11.3. The third kappa shape index (κ3) is 2.78. The summed E-state index contributed by atoms with van der Waals surface area (Å²) in [6.07, 6.45) is 0. The number of carbonyl (C=O) groups is 1. The molecule has 0 fully saturated rings. The first-order valence-corrected chi connectivity index (χ1v) is 6.11. The quantitative estimate of drug-likeness (QED) is 0.928. The van der Waals surface area contributed by atoms with Crippen molar-refractivity contribution in [3.05, 3.63) is 59.2 Å². The molecule has 0 unspecified atom stereocenters. The molecule has 1 amide bonds. The number of para-hydroxylation sites is 1. The van der Waals surface area contributed by atoms with Crippen molar-refractivity contribution in [2.75, 3.05) is 12.4 Å². The second-order valence-corrected chi connectivity index (χ2v) is 4.31. The van der Waals surface area contributed by atoms with E-state index in [9.17, 15) is 4.79 Å². The number of nitrogens with one attached hydrogen (secondary N) is 1. The van der Waals surface area contributed by atoms with Crippen molar-refractivity contribution < 1.29 is 9.53 Å². The smallest absolute Gasteiger partial charge is 0.255 e. The average Bonchev–Trinajstić information content (AvgIpc) is 2.48. The predicted octanol–water partition coefficient (Wildman–Crippen LogP) is 3.13. The van der Waals surface area contributed by atoms with Crippen molar-refractivity contribution in [3.8, 4) is 11.8 Å². The minimum atomic E-state index is -0.272. The van der Waals surface area contributed by atoms with E-state index in [1.54, 1.807) is 30.3 Å². The maximum atomic E-state index is 12.2. The average molecular weight is 266 g/mol. The van der Waals surface area contributed by atoms with Gasteiger partial charge in [-0.3, -0.25) is 4.79 Å². The summed E-state index contributed by atoms with van der Waals surface area (Å²) in [6.45, 7) is 1.95. The van der Waals surface area contributed by atoms with Gasteiger partial charge in [-0.05, 0) is 31.2 Å². The number of rotatable bonds is 3. The summed E-state index contributed by atoms with van der Waals surface area (Å²) in [5.74, 6) is 0.190. The number of aryl methyl sites for hydroxylation is 1. The summed E-state index contributed by atoms with van der Waals surface area (Å²) < 4.78 is 5.18. The molecule has 0 aliphatic rings. The molecule has 0 saturated heterocycles. The second-order valence-electron chi connectivity index (χ2n) is 4.31. The van der Waals surface area contributed by atoms with Gasteiger partial charge in [0, 0.05) is 5.56 Å². The highest BCUT2D eigenvalue weighted by molar-refractivity contribution is 6.05. The molecule has 100 valence electrons. The van der Waals surface area contributed by atoms with Gasteiger partial charge in [0.25, 0.3) is 5.91 Å². The Hall–Kier alpha value is -2.80.